The van der Waals surface area contributed by atoms with Gasteiger partial charge in [-0.05, 0) is 12.8 Å². The minimum absolute atomic E-state index is 0.0669. The Labute approximate surface area is 130 Å². The van der Waals surface area contributed by atoms with Crippen LogP contribution in [0.5, 0.6) is 0 Å². The topological polar surface area (TPSA) is 58.2 Å². The summed E-state index contributed by atoms with van der Waals surface area (Å²) >= 11 is 11.6. The molecule has 0 radical (unpaired) electrons. The molecule has 0 saturated carbocycles. The maximum atomic E-state index is 11.4. The van der Waals surface area contributed by atoms with Gasteiger partial charge in [-0.2, -0.15) is 0 Å². The van der Waals surface area contributed by atoms with E-state index >= 15 is 0 Å². The molecule has 0 fully saturated rings. The van der Waals surface area contributed by atoms with E-state index in [-0.39, 0.29) is 21.6 Å². The number of hydrogen-bond donors (Lipinski definition) is 2. The van der Waals surface area contributed by atoms with Crippen LogP contribution in [0.4, 0.5) is 0 Å². The van der Waals surface area contributed by atoms with Crippen LogP contribution in [0.1, 0.15) is 39.5 Å². The number of hydrogen-bond acceptors (Lipinski definition) is 4. The predicted molar refractivity (Wildman–Crippen MR) is 83.7 cm³/mol. The molecule has 0 aromatic heterocycles. The normalized spacial score (nSPS) is 12.2. The van der Waals surface area contributed by atoms with Gasteiger partial charge in [0.05, 0.1) is 10.1 Å². The second kappa shape index (κ2) is 11.8. The van der Waals surface area contributed by atoms with Gasteiger partial charge in [0, 0.05) is 38.3 Å². The van der Waals surface area contributed by atoms with Crippen molar-refractivity contribution in [2.45, 2.75) is 39.5 Å². The first-order valence-electron chi connectivity index (χ1n) is 6.77. The van der Waals surface area contributed by atoms with Gasteiger partial charge in [-0.1, -0.05) is 37.0 Å². The van der Waals surface area contributed by atoms with Crippen molar-refractivity contribution in [2.75, 3.05) is 13.1 Å². The van der Waals surface area contributed by atoms with Crippen LogP contribution in [0.25, 0.3) is 0 Å². The van der Waals surface area contributed by atoms with Gasteiger partial charge >= 0.3 is 0 Å². The highest BCUT2D eigenvalue weighted by atomic mass is 35.5. The molecule has 0 atom stereocenters. The zero-order chi connectivity index (χ0) is 15.4. The highest BCUT2D eigenvalue weighted by molar-refractivity contribution is 6.42. The highest BCUT2D eigenvalue weighted by Gasteiger charge is 2.05. The third-order valence-corrected chi connectivity index (χ3v) is 3.00. The predicted octanol–water partition coefficient (Wildman–Crippen LogP) is 3.06. The van der Waals surface area contributed by atoms with E-state index in [2.05, 4.69) is 10.6 Å². The van der Waals surface area contributed by atoms with Gasteiger partial charge in [0.2, 0.25) is 0 Å². The van der Waals surface area contributed by atoms with Crippen molar-refractivity contribution in [3.05, 3.63) is 22.5 Å². The Morgan fingerprint density at radius 2 is 1.20 bits per heavy atom. The monoisotopic (exact) mass is 320 g/mol. The van der Waals surface area contributed by atoms with E-state index in [4.69, 9.17) is 23.2 Å². The summed E-state index contributed by atoms with van der Waals surface area (Å²) in [5, 5.41) is 6.25. The van der Waals surface area contributed by atoms with Gasteiger partial charge in [-0.25, -0.2) is 0 Å². The highest BCUT2D eigenvalue weighted by Crippen LogP contribution is 2.06. The van der Waals surface area contributed by atoms with E-state index in [1.165, 1.54) is 12.4 Å². The number of rotatable bonds is 11. The summed E-state index contributed by atoms with van der Waals surface area (Å²) in [5.74, 6) is -0.134. The molecule has 6 heteroatoms. The van der Waals surface area contributed by atoms with Crippen molar-refractivity contribution in [2.24, 2.45) is 0 Å². The average molecular weight is 321 g/mol. The first kappa shape index (κ1) is 19.0. The maximum Gasteiger partial charge on any atom is 0.175 e. The zero-order valence-corrected chi connectivity index (χ0v) is 13.5. The smallest absolute Gasteiger partial charge is 0.175 e. The summed E-state index contributed by atoms with van der Waals surface area (Å²) in [5.41, 5.74) is 0. The number of carbonyl (C=O) groups is 2. The standard InChI is InChI=1S/C14H22Cl2N2O2/c1-3-5-13(19)11(15)9-17-7-8-18-10-12(16)14(20)6-4-2/h9-10,17-18H,3-8H2,1-2H3. The van der Waals surface area contributed by atoms with E-state index in [0.717, 1.165) is 12.8 Å². The molecule has 0 aromatic rings. The quantitative estimate of drug-likeness (QED) is 0.454. The maximum absolute atomic E-state index is 11.4. The van der Waals surface area contributed by atoms with Crippen LogP contribution in [0.2, 0.25) is 0 Å². The van der Waals surface area contributed by atoms with Crippen molar-refractivity contribution in [1.82, 2.24) is 10.6 Å². The molecule has 0 aliphatic heterocycles. The fourth-order valence-corrected chi connectivity index (χ4v) is 1.67. The van der Waals surface area contributed by atoms with Crippen LogP contribution < -0.4 is 10.6 Å². The minimum Gasteiger partial charge on any atom is -0.388 e. The van der Waals surface area contributed by atoms with E-state index in [1.807, 2.05) is 13.8 Å². The van der Waals surface area contributed by atoms with E-state index in [0.29, 0.717) is 25.9 Å². The summed E-state index contributed by atoms with van der Waals surface area (Å²) in [7, 11) is 0. The number of halogens is 2. The SMILES string of the molecule is CCCC(=O)C(Cl)=CNCCNC=C(Cl)C(=O)CCC. The van der Waals surface area contributed by atoms with Gasteiger partial charge in [0.1, 0.15) is 0 Å². The van der Waals surface area contributed by atoms with Crippen LogP contribution in [0.15, 0.2) is 22.5 Å². The third kappa shape index (κ3) is 8.99. The minimum atomic E-state index is -0.0669. The molecule has 2 N–H and O–H groups in total. The molecule has 0 heterocycles. The Morgan fingerprint density at radius 3 is 1.50 bits per heavy atom. The lowest BCUT2D eigenvalue weighted by atomic mass is 10.2. The first-order valence-corrected chi connectivity index (χ1v) is 7.53. The van der Waals surface area contributed by atoms with Gasteiger partial charge in [-0.15, -0.1) is 0 Å². The largest absolute Gasteiger partial charge is 0.388 e. The fourth-order valence-electron chi connectivity index (χ4n) is 1.32. The molecule has 0 unspecified atom stereocenters. The van der Waals surface area contributed by atoms with Crippen LogP contribution in [0.3, 0.4) is 0 Å². The number of ketones is 2. The Morgan fingerprint density at radius 1 is 0.850 bits per heavy atom. The molecular weight excluding hydrogens is 299 g/mol. The average Bonchev–Trinajstić information content (AvgIpc) is 2.42. The molecule has 0 rings (SSSR count). The second-order valence-electron chi connectivity index (χ2n) is 4.24. The lowest BCUT2D eigenvalue weighted by Gasteiger charge is -2.03. The van der Waals surface area contributed by atoms with Crippen molar-refractivity contribution < 1.29 is 9.59 Å². The molecule has 0 saturated heterocycles. The van der Waals surface area contributed by atoms with Gasteiger partial charge in [0.15, 0.2) is 11.6 Å². The van der Waals surface area contributed by atoms with Crippen molar-refractivity contribution in [3.8, 4) is 0 Å². The molecule has 0 aromatic carbocycles. The molecule has 0 aliphatic rings. The van der Waals surface area contributed by atoms with Crippen LogP contribution >= 0.6 is 23.2 Å². The van der Waals surface area contributed by atoms with Crippen molar-refractivity contribution in [3.63, 3.8) is 0 Å². The number of Topliss-reactive ketones (excluding diaryl/α,β-unsaturated/α-hetero) is 2. The first-order chi connectivity index (χ1) is 9.52. The zero-order valence-electron chi connectivity index (χ0n) is 12.0. The molecule has 0 spiro atoms. The molecule has 0 amide bonds. The fraction of sp³-hybridized carbons (Fsp3) is 0.571. The van der Waals surface area contributed by atoms with Crippen LogP contribution in [-0.2, 0) is 9.59 Å². The summed E-state index contributed by atoms with van der Waals surface area (Å²) in [6, 6.07) is 0. The summed E-state index contributed by atoms with van der Waals surface area (Å²) in [6.45, 7) is 4.99. The van der Waals surface area contributed by atoms with Crippen molar-refractivity contribution >= 4 is 34.8 Å². The summed E-state index contributed by atoms with van der Waals surface area (Å²) < 4.78 is 0. The van der Waals surface area contributed by atoms with Gasteiger partial charge < -0.3 is 10.6 Å². The van der Waals surface area contributed by atoms with Crippen LogP contribution in [0, 0.1) is 0 Å². The summed E-state index contributed by atoms with van der Waals surface area (Å²) in [6.07, 6.45) is 5.45. The second-order valence-corrected chi connectivity index (χ2v) is 5.05. The molecule has 20 heavy (non-hydrogen) atoms. The Balaban J connectivity index is 3.87. The number of allylic oxidation sites excluding steroid dienone is 2. The molecule has 114 valence electrons. The Kier molecular flexibility index (Phi) is 11.2. The third-order valence-electron chi connectivity index (χ3n) is 2.36. The lowest BCUT2D eigenvalue weighted by Crippen LogP contribution is -2.21. The Bertz CT molecular complexity index is 343. The molecular formula is C14H22Cl2N2O2. The molecule has 0 bridgehead atoms. The van der Waals surface area contributed by atoms with E-state index < -0.39 is 0 Å². The Hall–Kier alpha value is -1.00. The van der Waals surface area contributed by atoms with Gasteiger partial charge in [0.25, 0.3) is 0 Å². The molecule has 0 aliphatic carbocycles. The van der Waals surface area contributed by atoms with E-state index in [9.17, 15) is 9.59 Å². The van der Waals surface area contributed by atoms with Crippen molar-refractivity contribution in [1.29, 1.82) is 0 Å². The number of nitrogens with one attached hydrogen (secondary N) is 2. The van der Waals surface area contributed by atoms with Gasteiger partial charge in [-0.3, -0.25) is 9.59 Å². The molecule has 4 nitrogen and oxygen atoms in total. The summed E-state index contributed by atoms with van der Waals surface area (Å²) in [4.78, 5) is 22.7. The van der Waals surface area contributed by atoms with Crippen LogP contribution in [-0.4, -0.2) is 24.7 Å². The van der Waals surface area contributed by atoms with E-state index in [1.54, 1.807) is 0 Å². The number of carbonyl (C=O) groups excluding carboxylic acids is 2. The lowest BCUT2D eigenvalue weighted by molar-refractivity contribution is -0.115.